The van der Waals surface area contributed by atoms with E-state index in [1.54, 1.807) is 6.92 Å². The second-order valence-corrected chi connectivity index (χ2v) is 5.13. The fraction of sp³-hybridized carbons (Fsp3) is 0.571. The summed E-state index contributed by atoms with van der Waals surface area (Å²) < 4.78 is 48.8. The van der Waals surface area contributed by atoms with Crippen molar-refractivity contribution < 1.29 is 22.6 Å². The van der Waals surface area contributed by atoms with E-state index in [1.807, 2.05) is 0 Å². The van der Waals surface area contributed by atoms with Crippen LogP contribution < -0.4 is 5.73 Å². The molecule has 2 N–H and O–H groups in total. The van der Waals surface area contributed by atoms with Crippen molar-refractivity contribution in [1.82, 2.24) is 0 Å². The summed E-state index contributed by atoms with van der Waals surface area (Å²) in [4.78, 5) is 0. The first-order valence-electron chi connectivity index (χ1n) is 6.50. The predicted octanol–water partition coefficient (Wildman–Crippen LogP) is 2.73. The largest absolute Gasteiger partial charge is 0.416 e. The number of hydrogen-bond donors (Lipinski definition) is 1. The van der Waals surface area contributed by atoms with Gasteiger partial charge in [0.05, 0.1) is 18.3 Å². The van der Waals surface area contributed by atoms with Crippen molar-refractivity contribution in [3.05, 3.63) is 35.4 Å². The van der Waals surface area contributed by atoms with Gasteiger partial charge in [-0.3, -0.25) is 0 Å². The van der Waals surface area contributed by atoms with Crippen LogP contribution in [0.25, 0.3) is 0 Å². The number of alkyl halides is 3. The Morgan fingerprint density at radius 1 is 1.30 bits per heavy atom. The Bertz CT molecular complexity index is 447. The average molecular weight is 289 g/mol. The molecule has 2 unspecified atom stereocenters. The quantitative estimate of drug-likeness (QED) is 0.927. The lowest BCUT2D eigenvalue weighted by atomic mass is 10.0. The van der Waals surface area contributed by atoms with Crippen LogP contribution in [0.1, 0.15) is 24.5 Å². The standard InChI is InChI=1S/C14H18F3NO2/c1-13(19-9-12(20-13)6-7-18)8-10-2-4-11(5-3-10)14(15,16)17/h2-5,12H,6-9,18H2,1H3. The molecule has 112 valence electrons. The molecule has 0 bridgehead atoms. The SMILES string of the molecule is CC1(Cc2ccc(C(F)(F)F)cc2)OCC(CCN)O1. The summed E-state index contributed by atoms with van der Waals surface area (Å²) in [6.07, 6.45) is -3.23. The fourth-order valence-corrected chi connectivity index (χ4v) is 2.29. The lowest BCUT2D eigenvalue weighted by Gasteiger charge is -2.23. The van der Waals surface area contributed by atoms with E-state index < -0.39 is 17.5 Å². The second kappa shape index (κ2) is 5.71. The van der Waals surface area contributed by atoms with Crippen molar-refractivity contribution in [1.29, 1.82) is 0 Å². The highest BCUT2D eigenvalue weighted by molar-refractivity contribution is 5.25. The van der Waals surface area contributed by atoms with Gasteiger partial charge >= 0.3 is 6.18 Å². The van der Waals surface area contributed by atoms with Crippen LogP contribution in [0.2, 0.25) is 0 Å². The molecule has 1 aromatic carbocycles. The van der Waals surface area contributed by atoms with Crippen LogP contribution in [-0.2, 0) is 22.1 Å². The Morgan fingerprint density at radius 2 is 1.95 bits per heavy atom. The van der Waals surface area contributed by atoms with Crippen molar-refractivity contribution in [2.75, 3.05) is 13.2 Å². The highest BCUT2D eigenvalue weighted by Gasteiger charge is 2.37. The summed E-state index contributed by atoms with van der Waals surface area (Å²) in [5.41, 5.74) is 5.56. The molecule has 20 heavy (non-hydrogen) atoms. The van der Waals surface area contributed by atoms with E-state index in [4.69, 9.17) is 15.2 Å². The van der Waals surface area contributed by atoms with Gasteiger partial charge in [-0.05, 0) is 37.6 Å². The third-order valence-corrected chi connectivity index (χ3v) is 3.29. The van der Waals surface area contributed by atoms with Crippen molar-refractivity contribution in [3.63, 3.8) is 0 Å². The number of benzene rings is 1. The minimum atomic E-state index is -4.31. The van der Waals surface area contributed by atoms with Crippen LogP contribution in [0.15, 0.2) is 24.3 Å². The molecule has 1 saturated heterocycles. The summed E-state index contributed by atoms with van der Waals surface area (Å²) in [6.45, 7) is 2.78. The van der Waals surface area contributed by atoms with Gasteiger partial charge in [0, 0.05) is 6.42 Å². The molecule has 2 rings (SSSR count). The van der Waals surface area contributed by atoms with Gasteiger partial charge in [0.15, 0.2) is 5.79 Å². The van der Waals surface area contributed by atoms with E-state index in [2.05, 4.69) is 0 Å². The van der Waals surface area contributed by atoms with Crippen molar-refractivity contribution in [3.8, 4) is 0 Å². The van der Waals surface area contributed by atoms with Gasteiger partial charge in [-0.15, -0.1) is 0 Å². The maximum absolute atomic E-state index is 12.5. The Hall–Kier alpha value is -1.11. The minimum absolute atomic E-state index is 0.0422. The van der Waals surface area contributed by atoms with Crippen LogP contribution in [0, 0.1) is 0 Å². The van der Waals surface area contributed by atoms with Gasteiger partial charge in [-0.25, -0.2) is 0 Å². The fourth-order valence-electron chi connectivity index (χ4n) is 2.29. The van der Waals surface area contributed by atoms with Gasteiger partial charge in [0.2, 0.25) is 0 Å². The molecular weight excluding hydrogens is 271 g/mol. The van der Waals surface area contributed by atoms with Gasteiger partial charge in [-0.2, -0.15) is 13.2 Å². The van der Waals surface area contributed by atoms with Gasteiger partial charge in [0.1, 0.15) is 0 Å². The van der Waals surface area contributed by atoms with Crippen LogP contribution in [0.5, 0.6) is 0 Å². The molecule has 1 heterocycles. The maximum Gasteiger partial charge on any atom is 0.416 e. The lowest BCUT2D eigenvalue weighted by Crippen LogP contribution is -2.30. The monoisotopic (exact) mass is 289 g/mol. The molecule has 1 fully saturated rings. The van der Waals surface area contributed by atoms with E-state index in [-0.39, 0.29) is 6.10 Å². The zero-order valence-corrected chi connectivity index (χ0v) is 11.2. The summed E-state index contributed by atoms with van der Waals surface area (Å²) in [6, 6.07) is 5.06. The molecule has 0 amide bonds. The lowest BCUT2D eigenvalue weighted by molar-refractivity contribution is -0.152. The highest BCUT2D eigenvalue weighted by Crippen LogP contribution is 2.31. The zero-order chi connectivity index (χ0) is 14.8. The number of nitrogens with two attached hydrogens (primary N) is 1. The van der Waals surface area contributed by atoms with Crippen molar-refractivity contribution in [2.24, 2.45) is 5.73 Å². The molecule has 0 spiro atoms. The molecule has 3 nitrogen and oxygen atoms in total. The predicted molar refractivity (Wildman–Crippen MR) is 68.0 cm³/mol. The highest BCUT2D eigenvalue weighted by atomic mass is 19.4. The molecule has 1 aliphatic rings. The molecule has 0 radical (unpaired) electrons. The first kappa shape index (κ1) is 15.3. The molecule has 0 aromatic heterocycles. The summed E-state index contributed by atoms with van der Waals surface area (Å²) in [5.74, 6) is -0.792. The Kier molecular flexibility index (Phi) is 4.36. The smallest absolute Gasteiger partial charge is 0.347 e. The molecule has 0 saturated carbocycles. The minimum Gasteiger partial charge on any atom is -0.347 e. The van der Waals surface area contributed by atoms with E-state index >= 15 is 0 Å². The molecule has 0 aliphatic carbocycles. The number of hydrogen-bond acceptors (Lipinski definition) is 3. The third kappa shape index (κ3) is 3.71. The summed E-state index contributed by atoms with van der Waals surface area (Å²) in [5, 5.41) is 0. The second-order valence-electron chi connectivity index (χ2n) is 5.13. The van der Waals surface area contributed by atoms with Gasteiger partial charge in [0.25, 0.3) is 0 Å². The van der Waals surface area contributed by atoms with E-state index in [9.17, 15) is 13.2 Å². The van der Waals surface area contributed by atoms with Gasteiger partial charge < -0.3 is 15.2 Å². The first-order valence-corrected chi connectivity index (χ1v) is 6.50. The molecule has 1 aromatic rings. The number of ether oxygens (including phenoxy) is 2. The average Bonchev–Trinajstić information content (AvgIpc) is 2.71. The van der Waals surface area contributed by atoms with Crippen molar-refractivity contribution in [2.45, 2.75) is 37.8 Å². The maximum atomic E-state index is 12.5. The van der Waals surface area contributed by atoms with Crippen LogP contribution in [0.4, 0.5) is 13.2 Å². The Balaban J connectivity index is 2.00. The number of rotatable bonds is 4. The topological polar surface area (TPSA) is 44.5 Å². The molecule has 1 aliphatic heterocycles. The normalized spacial score (nSPS) is 26.9. The van der Waals surface area contributed by atoms with Gasteiger partial charge in [-0.1, -0.05) is 12.1 Å². The van der Waals surface area contributed by atoms with E-state index in [1.165, 1.54) is 12.1 Å². The Labute approximate surface area is 115 Å². The Morgan fingerprint density at radius 3 is 2.50 bits per heavy atom. The van der Waals surface area contributed by atoms with Crippen molar-refractivity contribution >= 4 is 0 Å². The van der Waals surface area contributed by atoms with Crippen LogP contribution >= 0.6 is 0 Å². The molecule has 2 atom stereocenters. The number of halogens is 3. The van der Waals surface area contributed by atoms with Crippen LogP contribution in [-0.4, -0.2) is 25.0 Å². The van der Waals surface area contributed by atoms with E-state index in [0.717, 1.165) is 17.7 Å². The van der Waals surface area contributed by atoms with Crippen LogP contribution in [0.3, 0.4) is 0 Å². The molecular formula is C14H18F3NO2. The van der Waals surface area contributed by atoms with E-state index in [0.29, 0.717) is 26.0 Å². The third-order valence-electron chi connectivity index (χ3n) is 3.29. The first-order chi connectivity index (χ1) is 9.32. The molecule has 6 heteroatoms. The summed E-state index contributed by atoms with van der Waals surface area (Å²) >= 11 is 0. The zero-order valence-electron chi connectivity index (χ0n) is 11.2. The summed E-state index contributed by atoms with van der Waals surface area (Å²) in [7, 11) is 0.